The van der Waals surface area contributed by atoms with Crippen LogP contribution in [0.5, 0.6) is 5.75 Å². The first kappa shape index (κ1) is 11.9. The van der Waals surface area contributed by atoms with E-state index in [0.29, 0.717) is 11.7 Å². The third kappa shape index (κ3) is 2.75. The molecule has 0 atom stereocenters. The van der Waals surface area contributed by atoms with E-state index in [4.69, 9.17) is 10.5 Å². The largest absolute Gasteiger partial charge is 0.486 e. The van der Waals surface area contributed by atoms with Gasteiger partial charge in [0.2, 0.25) is 0 Å². The van der Waals surface area contributed by atoms with Crippen molar-refractivity contribution in [2.75, 3.05) is 5.73 Å². The van der Waals surface area contributed by atoms with E-state index in [0.717, 1.165) is 19.6 Å². The molecule has 3 nitrogen and oxygen atoms in total. The summed E-state index contributed by atoms with van der Waals surface area (Å²) in [5, 5.41) is 0.560. The van der Waals surface area contributed by atoms with Crippen LogP contribution in [0, 0.1) is 0 Å². The Kier molecular flexibility index (Phi) is 3.83. The number of halogens is 2. The van der Waals surface area contributed by atoms with Gasteiger partial charge in [0, 0.05) is 6.20 Å². The van der Waals surface area contributed by atoms with Crippen molar-refractivity contribution in [2.24, 2.45) is 0 Å². The van der Waals surface area contributed by atoms with Crippen LogP contribution in [0.2, 0.25) is 0 Å². The highest BCUT2D eigenvalue weighted by Gasteiger charge is 2.07. The summed E-state index contributed by atoms with van der Waals surface area (Å²) in [6, 6.07) is 5.80. The molecule has 0 aliphatic rings. The summed E-state index contributed by atoms with van der Waals surface area (Å²) in [5.41, 5.74) is 5.54. The topological polar surface area (TPSA) is 48.1 Å². The maximum absolute atomic E-state index is 5.69. The first-order chi connectivity index (χ1) is 7.66. The molecule has 2 rings (SSSR count). The predicted octanol–water partition coefficient (Wildman–Crippen LogP) is 3.83. The maximum Gasteiger partial charge on any atom is 0.180 e. The van der Waals surface area contributed by atoms with E-state index in [-0.39, 0.29) is 0 Å². The fourth-order valence-electron chi connectivity index (χ4n) is 1.15. The summed E-state index contributed by atoms with van der Waals surface area (Å²) in [6.07, 6.45) is 1.73. The molecule has 0 unspecified atom stereocenters. The summed E-state index contributed by atoms with van der Waals surface area (Å²) in [6.45, 7) is 0.468. The van der Waals surface area contributed by atoms with E-state index < -0.39 is 0 Å². The van der Waals surface area contributed by atoms with Crippen LogP contribution in [0.25, 0.3) is 0 Å². The Balaban J connectivity index is 2.10. The van der Waals surface area contributed by atoms with Crippen molar-refractivity contribution in [3.05, 3.63) is 38.2 Å². The zero-order chi connectivity index (χ0) is 11.5. The first-order valence-electron chi connectivity index (χ1n) is 4.44. The maximum atomic E-state index is 5.69. The molecule has 1 aromatic heterocycles. The molecule has 16 heavy (non-hydrogen) atoms. The van der Waals surface area contributed by atoms with Gasteiger partial charge in [-0.2, -0.15) is 0 Å². The van der Waals surface area contributed by atoms with Crippen molar-refractivity contribution in [3.8, 4) is 5.75 Å². The van der Waals surface area contributed by atoms with Crippen molar-refractivity contribution >= 4 is 48.3 Å². The van der Waals surface area contributed by atoms with Gasteiger partial charge in [-0.15, -0.1) is 0 Å². The van der Waals surface area contributed by atoms with Gasteiger partial charge in [-0.3, -0.25) is 0 Å². The molecule has 0 spiro atoms. The molecule has 0 bridgehead atoms. The highest BCUT2D eigenvalue weighted by Crippen LogP contribution is 2.33. The predicted molar refractivity (Wildman–Crippen MR) is 72.7 cm³/mol. The minimum absolute atomic E-state index is 0.468. The Hall–Kier alpha value is -0.590. The number of aromatic nitrogens is 1. The zero-order valence-corrected chi connectivity index (χ0v) is 12.1. The number of para-hydroxylation sites is 1. The van der Waals surface area contributed by atoms with Gasteiger partial charge >= 0.3 is 0 Å². The molecule has 0 saturated heterocycles. The average Bonchev–Trinajstić information content (AvgIpc) is 2.63. The Labute approximate surface area is 114 Å². The first-order valence-corrected chi connectivity index (χ1v) is 6.84. The van der Waals surface area contributed by atoms with Crippen LogP contribution in [0.4, 0.5) is 5.13 Å². The number of hydrogen-bond donors (Lipinski definition) is 1. The Bertz CT molecular complexity index is 481. The fourth-order valence-corrected chi connectivity index (χ4v) is 2.98. The van der Waals surface area contributed by atoms with Crippen LogP contribution in [0.1, 0.15) is 4.88 Å². The minimum Gasteiger partial charge on any atom is -0.486 e. The number of benzene rings is 1. The third-order valence-electron chi connectivity index (χ3n) is 1.85. The summed E-state index contributed by atoms with van der Waals surface area (Å²) in [7, 11) is 0. The molecular weight excluding hydrogens is 356 g/mol. The number of nitrogen functional groups attached to an aromatic ring is 1. The van der Waals surface area contributed by atoms with Crippen LogP contribution in [-0.2, 0) is 6.61 Å². The molecule has 6 heteroatoms. The molecule has 0 fully saturated rings. The lowest BCUT2D eigenvalue weighted by Crippen LogP contribution is -1.94. The summed E-state index contributed by atoms with van der Waals surface area (Å²) < 4.78 is 7.52. The van der Waals surface area contributed by atoms with E-state index in [1.807, 2.05) is 18.2 Å². The second-order valence-corrected chi connectivity index (χ2v) is 5.86. The van der Waals surface area contributed by atoms with E-state index in [2.05, 4.69) is 36.8 Å². The number of thiazole rings is 1. The molecule has 0 saturated carbocycles. The number of ether oxygens (including phenoxy) is 1. The SMILES string of the molecule is Nc1ncc(COc2c(Br)cccc2Br)s1. The standard InChI is InChI=1S/C10H8Br2N2OS/c11-7-2-1-3-8(12)9(7)15-5-6-4-14-10(13)16-6/h1-4H,5H2,(H2,13,14). The number of anilines is 1. The minimum atomic E-state index is 0.468. The second-order valence-electron chi connectivity index (χ2n) is 3.00. The normalized spacial score (nSPS) is 10.4. The molecule has 0 radical (unpaired) electrons. The summed E-state index contributed by atoms with van der Waals surface area (Å²) in [5.74, 6) is 0.787. The molecular formula is C10H8Br2N2OS. The highest BCUT2D eigenvalue weighted by molar-refractivity contribution is 9.11. The molecule has 0 aliphatic carbocycles. The van der Waals surface area contributed by atoms with Gasteiger partial charge in [0.1, 0.15) is 12.4 Å². The van der Waals surface area contributed by atoms with Gasteiger partial charge < -0.3 is 10.5 Å². The lowest BCUT2D eigenvalue weighted by molar-refractivity contribution is 0.305. The van der Waals surface area contributed by atoms with Gasteiger partial charge in [-0.25, -0.2) is 4.98 Å². The van der Waals surface area contributed by atoms with Crippen LogP contribution in [0.3, 0.4) is 0 Å². The van der Waals surface area contributed by atoms with Crippen LogP contribution >= 0.6 is 43.2 Å². The van der Waals surface area contributed by atoms with Gasteiger partial charge in [0.25, 0.3) is 0 Å². The second kappa shape index (κ2) is 5.16. The van der Waals surface area contributed by atoms with Gasteiger partial charge in [0.15, 0.2) is 5.13 Å². The molecule has 0 amide bonds. The van der Waals surface area contributed by atoms with Crippen LogP contribution in [-0.4, -0.2) is 4.98 Å². The Morgan fingerprint density at radius 1 is 1.31 bits per heavy atom. The van der Waals surface area contributed by atoms with Crippen molar-refractivity contribution in [1.29, 1.82) is 0 Å². The summed E-state index contributed by atoms with van der Waals surface area (Å²) >= 11 is 8.30. The van der Waals surface area contributed by atoms with Gasteiger partial charge in [0.05, 0.1) is 13.8 Å². The fraction of sp³-hybridized carbons (Fsp3) is 0.100. The van der Waals surface area contributed by atoms with E-state index in [1.54, 1.807) is 6.20 Å². The monoisotopic (exact) mass is 362 g/mol. The lowest BCUT2D eigenvalue weighted by atomic mass is 10.3. The summed E-state index contributed by atoms with van der Waals surface area (Å²) in [4.78, 5) is 4.97. The zero-order valence-electron chi connectivity index (χ0n) is 8.11. The quantitative estimate of drug-likeness (QED) is 0.901. The number of nitrogens with zero attached hydrogens (tertiary/aromatic N) is 1. The van der Waals surface area contributed by atoms with Crippen LogP contribution < -0.4 is 10.5 Å². The van der Waals surface area contributed by atoms with Gasteiger partial charge in [-0.1, -0.05) is 17.4 Å². The number of rotatable bonds is 3. The molecule has 0 aliphatic heterocycles. The van der Waals surface area contributed by atoms with Crippen molar-refractivity contribution < 1.29 is 4.74 Å². The van der Waals surface area contributed by atoms with Gasteiger partial charge in [-0.05, 0) is 44.0 Å². The molecule has 2 N–H and O–H groups in total. The average molecular weight is 364 g/mol. The lowest BCUT2D eigenvalue weighted by Gasteiger charge is -2.08. The molecule has 2 aromatic rings. The Morgan fingerprint density at radius 3 is 2.56 bits per heavy atom. The Morgan fingerprint density at radius 2 is 2.00 bits per heavy atom. The van der Waals surface area contributed by atoms with Crippen molar-refractivity contribution in [3.63, 3.8) is 0 Å². The highest BCUT2D eigenvalue weighted by atomic mass is 79.9. The number of hydrogen-bond acceptors (Lipinski definition) is 4. The van der Waals surface area contributed by atoms with Crippen molar-refractivity contribution in [2.45, 2.75) is 6.61 Å². The van der Waals surface area contributed by atoms with E-state index in [9.17, 15) is 0 Å². The molecule has 84 valence electrons. The van der Waals surface area contributed by atoms with Crippen LogP contribution in [0.15, 0.2) is 33.3 Å². The van der Waals surface area contributed by atoms with Crippen molar-refractivity contribution in [1.82, 2.24) is 4.98 Å². The molecule has 1 aromatic carbocycles. The van der Waals surface area contributed by atoms with E-state index in [1.165, 1.54) is 11.3 Å². The van der Waals surface area contributed by atoms with E-state index >= 15 is 0 Å². The number of nitrogens with two attached hydrogens (primary N) is 1. The molecule has 1 heterocycles. The third-order valence-corrected chi connectivity index (χ3v) is 3.90. The smallest absolute Gasteiger partial charge is 0.180 e.